The average molecular weight is 308 g/mol. The minimum atomic E-state index is -0.120. The van der Waals surface area contributed by atoms with Crippen molar-refractivity contribution in [2.24, 2.45) is 0 Å². The van der Waals surface area contributed by atoms with Gasteiger partial charge in [-0.1, -0.05) is 13.8 Å². The van der Waals surface area contributed by atoms with Gasteiger partial charge < -0.3 is 10.6 Å². The topological polar surface area (TPSA) is 58.2 Å². The molecule has 0 bridgehead atoms. The number of carbonyl (C=O) groups excluding carboxylic acids is 2. The largest absolute Gasteiger partial charge is 0.356 e. The number of hydrogen-bond donors (Lipinski definition) is 2. The molecular formula is C16H24N2O2S. The van der Waals surface area contributed by atoms with E-state index in [0.29, 0.717) is 11.8 Å². The Morgan fingerprint density at radius 2 is 2.05 bits per heavy atom. The molecule has 0 aliphatic heterocycles. The molecule has 116 valence electrons. The molecule has 0 aliphatic carbocycles. The Kier molecular flexibility index (Phi) is 7.29. The van der Waals surface area contributed by atoms with Crippen molar-refractivity contribution in [1.82, 2.24) is 5.32 Å². The highest BCUT2D eigenvalue weighted by molar-refractivity contribution is 7.99. The summed E-state index contributed by atoms with van der Waals surface area (Å²) in [6.07, 6.45) is 1.41. The molecule has 0 fully saturated rings. The molecule has 2 amide bonds. The van der Waals surface area contributed by atoms with E-state index in [9.17, 15) is 9.59 Å². The third kappa shape index (κ3) is 6.67. The first-order valence-corrected chi connectivity index (χ1v) is 8.12. The number of aryl methyl sites for hydroxylation is 1. The van der Waals surface area contributed by atoms with E-state index >= 15 is 0 Å². The second-order valence-electron chi connectivity index (χ2n) is 5.09. The third-order valence-corrected chi connectivity index (χ3v) is 4.37. The summed E-state index contributed by atoms with van der Waals surface area (Å²) in [5.41, 5.74) is 1.88. The fourth-order valence-corrected chi connectivity index (χ4v) is 2.75. The molecule has 5 heteroatoms. The van der Waals surface area contributed by atoms with Crippen LogP contribution in [0.3, 0.4) is 0 Å². The molecule has 0 radical (unpaired) electrons. The van der Waals surface area contributed by atoms with Gasteiger partial charge in [0.25, 0.3) is 0 Å². The van der Waals surface area contributed by atoms with Gasteiger partial charge in [0.1, 0.15) is 0 Å². The highest BCUT2D eigenvalue weighted by Crippen LogP contribution is 2.28. The molecule has 1 rings (SSSR count). The minimum Gasteiger partial charge on any atom is -0.356 e. The second kappa shape index (κ2) is 8.72. The summed E-state index contributed by atoms with van der Waals surface area (Å²) >= 11 is 1.84. The molecule has 0 saturated carbocycles. The van der Waals surface area contributed by atoms with Crippen molar-refractivity contribution in [2.45, 2.75) is 50.7 Å². The van der Waals surface area contributed by atoms with Gasteiger partial charge in [0.2, 0.25) is 11.8 Å². The van der Waals surface area contributed by atoms with E-state index in [0.717, 1.165) is 17.7 Å². The first-order chi connectivity index (χ1) is 9.92. The van der Waals surface area contributed by atoms with E-state index in [1.165, 1.54) is 11.8 Å². The Hall–Kier alpha value is -1.49. The lowest BCUT2D eigenvalue weighted by atomic mass is 10.2. The predicted octanol–water partition coefficient (Wildman–Crippen LogP) is 3.35. The van der Waals surface area contributed by atoms with Gasteiger partial charge in [-0.05, 0) is 37.1 Å². The van der Waals surface area contributed by atoms with Crippen LogP contribution in [0.1, 0.15) is 39.2 Å². The van der Waals surface area contributed by atoms with Crippen LogP contribution < -0.4 is 10.6 Å². The summed E-state index contributed by atoms with van der Waals surface area (Å²) in [6, 6.07) is 6.07. The molecule has 21 heavy (non-hydrogen) atoms. The molecule has 1 unspecified atom stereocenters. The molecule has 0 heterocycles. The Morgan fingerprint density at radius 1 is 1.33 bits per heavy atom. The zero-order valence-electron chi connectivity index (χ0n) is 13.2. The lowest BCUT2D eigenvalue weighted by Crippen LogP contribution is -2.25. The highest BCUT2D eigenvalue weighted by atomic mass is 32.2. The van der Waals surface area contributed by atoms with E-state index in [1.807, 2.05) is 30.8 Å². The van der Waals surface area contributed by atoms with E-state index in [1.54, 1.807) is 0 Å². The summed E-state index contributed by atoms with van der Waals surface area (Å²) in [5, 5.41) is 6.08. The molecular weight excluding hydrogens is 284 g/mol. The molecule has 0 spiro atoms. The van der Waals surface area contributed by atoms with Gasteiger partial charge in [0, 0.05) is 35.7 Å². The standard InChI is InChI=1S/C16H24N2O2S/c1-5-12(3)21-14-6-7-15(11(2)10-14)18-16(20)8-9-17-13(4)19/h6-7,10,12H,5,8-9H2,1-4H3,(H,17,19)(H,18,20). The predicted molar refractivity (Wildman–Crippen MR) is 88.7 cm³/mol. The molecule has 0 aliphatic rings. The van der Waals surface area contributed by atoms with Crippen LogP contribution in [-0.4, -0.2) is 23.6 Å². The van der Waals surface area contributed by atoms with Crippen molar-refractivity contribution < 1.29 is 9.59 Å². The fourth-order valence-electron chi connectivity index (χ4n) is 1.73. The summed E-state index contributed by atoms with van der Waals surface area (Å²) in [7, 11) is 0. The Labute approximate surface area is 131 Å². The number of thioether (sulfide) groups is 1. The maximum absolute atomic E-state index is 11.8. The van der Waals surface area contributed by atoms with Gasteiger partial charge in [0.05, 0.1) is 0 Å². The molecule has 0 aromatic heterocycles. The number of benzene rings is 1. The van der Waals surface area contributed by atoms with E-state index in [4.69, 9.17) is 0 Å². The SMILES string of the molecule is CCC(C)Sc1ccc(NC(=O)CCNC(C)=O)c(C)c1. The maximum atomic E-state index is 11.8. The van der Waals surface area contributed by atoms with Crippen molar-refractivity contribution in [3.8, 4) is 0 Å². The molecule has 1 atom stereocenters. The molecule has 0 saturated heterocycles. The van der Waals surface area contributed by atoms with Crippen molar-refractivity contribution in [2.75, 3.05) is 11.9 Å². The zero-order valence-corrected chi connectivity index (χ0v) is 14.0. The van der Waals surface area contributed by atoms with Crippen LogP contribution in [0.4, 0.5) is 5.69 Å². The van der Waals surface area contributed by atoms with Crippen molar-refractivity contribution in [3.05, 3.63) is 23.8 Å². The Balaban J connectivity index is 2.55. The van der Waals surface area contributed by atoms with Crippen LogP contribution in [0.5, 0.6) is 0 Å². The van der Waals surface area contributed by atoms with E-state index in [-0.39, 0.29) is 18.2 Å². The fraction of sp³-hybridized carbons (Fsp3) is 0.500. The molecule has 1 aromatic carbocycles. The smallest absolute Gasteiger partial charge is 0.226 e. The van der Waals surface area contributed by atoms with E-state index < -0.39 is 0 Å². The van der Waals surface area contributed by atoms with Crippen LogP contribution >= 0.6 is 11.8 Å². The first-order valence-electron chi connectivity index (χ1n) is 7.24. The van der Waals surface area contributed by atoms with Crippen LogP contribution in [0.25, 0.3) is 0 Å². The lowest BCUT2D eigenvalue weighted by Gasteiger charge is -2.12. The highest BCUT2D eigenvalue weighted by Gasteiger charge is 2.07. The monoisotopic (exact) mass is 308 g/mol. The van der Waals surface area contributed by atoms with Gasteiger partial charge >= 0.3 is 0 Å². The number of hydrogen-bond acceptors (Lipinski definition) is 3. The number of anilines is 1. The van der Waals surface area contributed by atoms with Crippen molar-refractivity contribution in [3.63, 3.8) is 0 Å². The average Bonchev–Trinajstić information content (AvgIpc) is 2.41. The van der Waals surface area contributed by atoms with Crippen molar-refractivity contribution >= 4 is 29.3 Å². The zero-order chi connectivity index (χ0) is 15.8. The van der Waals surface area contributed by atoms with Gasteiger partial charge in [-0.25, -0.2) is 0 Å². The lowest BCUT2D eigenvalue weighted by molar-refractivity contribution is -0.119. The summed E-state index contributed by atoms with van der Waals surface area (Å²) < 4.78 is 0. The second-order valence-corrected chi connectivity index (χ2v) is 6.61. The molecule has 4 nitrogen and oxygen atoms in total. The number of carbonyl (C=O) groups is 2. The Morgan fingerprint density at radius 3 is 2.62 bits per heavy atom. The maximum Gasteiger partial charge on any atom is 0.226 e. The summed E-state index contributed by atoms with van der Waals surface area (Å²) in [6.45, 7) is 8.17. The minimum absolute atomic E-state index is 0.0887. The summed E-state index contributed by atoms with van der Waals surface area (Å²) in [5.74, 6) is -0.209. The van der Waals surface area contributed by atoms with Gasteiger partial charge in [0.15, 0.2) is 0 Å². The quantitative estimate of drug-likeness (QED) is 0.759. The summed E-state index contributed by atoms with van der Waals surface area (Å²) in [4.78, 5) is 23.8. The first kappa shape index (κ1) is 17.6. The van der Waals surface area contributed by atoms with Crippen LogP contribution in [0.2, 0.25) is 0 Å². The normalized spacial score (nSPS) is 11.8. The van der Waals surface area contributed by atoms with Crippen LogP contribution in [-0.2, 0) is 9.59 Å². The number of amides is 2. The van der Waals surface area contributed by atoms with E-state index in [2.05, 4.69) is 30.5 Å². The van der Waals surface area contributed by atoms with Gasteiger partial charge in [-0.3, -0.25) is 9.59 Å². The van der Waals surface area contributed by atoms with Crippen molar-refractivity contribution in [1.29, 1.82) is 0 Å². The Bertz CT molecular complexity index is 503. The number of nitrogens with one attached hydrogen (secondary N) is 2. The van der Waals surface area contributed by atoms with Crippen LogP contribution in [0.15, 0.2) is 23.1 Å². The molecule has 2 N–H and O–H groups in total. The van der Waals surface area contributed by atoms with Crippen LogP contribution in [0, 0.1) is 6.92 Å². The number of rotatable bonds is 7. The molecule has 1 aromatic rings. The van der Waals surface area contributed by atoms with Gasteiger partial charge in [-0.15, -0.1) is 11.8 Å². The third-order valence-electron chi connectivity index (χ3n) is 3.11. The van der Waals surface area contributed by atoms with Gasteiger partial charge in [-0.2, -0.15) is 0 Å².